The van der Waals surface area contributed by atoms with E-state index < -0.39 is 0 Å². The van der Waals surface area contributed by atoms with E-state index in [1.807, 2.05) is 34.0 Å². The normalized spacial score (nSPS) is 12.2. The van der Waals surface area contributed by atoms with Gasteiger partial charge in [0.25, 0.3) is 0 Å². The van der Waals surface area contributed by atoms with E-state index in [4.69, 9.17) is 0 Å². The van der Waals surface area contributed by atoms with Crippen molar-refractivity contribution >= 4 is 52.8 Å². The molecule has 3 heterocycles. The third-order valence-electron chi connectivity index (χ3n) is 2.92. The predicted molar refractivity (Wildman–Crippen MR) is 78.6 cm³/mol. The highest BCUT2D eigenvalue weighted by molar-refractivity contribution is 7.38. The minimum atomic E-state index is 0.662. The number of hydrogen-bond acceptors (Lipinski definition) is 3. The number of hydrogen-bond donors (Lipinski definition) is 0. The van der Waals surface area contributed by atoms with E-state index in [-0.39, 0.29) is 0 Å². The lowest BCUT2D eigenvalue weighted by Gasteiger charge is -2.04. The molecule has 3 heteroatoms. The molecule has 0 aliphatic heterocycles. The molecule has 0 bridgehead atoms. The van der Waals surface area contributed by atoms with Gasteiger partial charge in [-0.3, -0.25) is 0 Å². The van der Waals surface area contributed by atoms with Crippen LogP contribution in [0.2, 0.25) is 0 Å². The van der Waals surface area contributed by atoms with Crippen molar-refractivity contribution in [2.24, 2.45) is 0 Å². The van der Waals surface area contributed by atoms with Gasteiger partial charge in [-0.15, -0.1) is 34.0 Å². The third kappa shape index (κ3) is 1.38. The summed E-state index contributed by atoms with van der Waals surface area (Å²) in [7, 11) is 0. The van der Waals surface area contributed by atoms with Gasteiger partial charge in [0.1, 0.15) is 0 Å². The third-order valence-corrected chi connectivity index (χ3v) is 7.00. The number of thiophene rings is 3. The van der Waals surface area contributed by atoms with E-state index in [1.165, 1.54) is 20.5 Å². The summed E-state index contributed by atoms with van der Waals surface area (Å²) in [6.45, 7) is 6.89. The van der Waals surface area contributed by atoms with E-state index in [0.717, 1.165) is 0 Å². The van der Waals surface area contributed by atoms with E-state index in [9.17, 15) is 0 Å². The summed E-state index contributed by atoms with van der Waals surface area (Å²) in [6.07, 6.45) is 1.17. The Morgan fingerprint density at radius 1 is 1.12 bits per heavy atom. The van der Waals surface area contributed by atoms with Crippen LogP contribution in [0.1, 0.15) is 37.1 Å². The molecule has 0 atom stereocenters. The maximum Gasteiger partial charge on any atom is 0.0635 e. The van der Waals surface area contributed by atoms with Crippen LogP contribution in [0.3, 0.4) is 0 Å². The minimum absolute atomic E-state index is 0.662. The molecule has 0 fully saturated rings. The lowest BCUT2D eigenvalue weighted by molar-refractivity contribution is 0.872. The van der Waals surface area contributed by atoms with Crippen molar-refractivity contribution in [1.82, 2.24) is 0 Å². The molecule has 0 aliphatic rings. The van der Waals surface area contributed by atoms with Gasteiger partial charge < -0.3 is 0 Å². The first-order chi connectivity index (χ1) is 7.72. The number of fused-ring (bicyclic) bond motifs is 3. The fraction of sp³-hybridized carbons (Fsp3) is 0.385. The van der Waals surface area contributed by atoms with Crippen molar-refractivity contribution in [3.05, 3.63) is 21.9 Å². The lowest BCUT2D eigenvalue weighted by Crippen LogP contribution is -1.87. The molecule has 3 aromatic rings. The average molecular weight is 266 g/mol. The fourth-order valence-corrected chi connectivity index (χ4v) is 6.35. The zero-order valence-corrected chi connectivity index (χ0v) is 12.1. The van der Waals surface area contributed by atoms with Crippen LogP contribution in [0.4, 0.5) is 0 Å². The highest BCUT2D eigenvalue weighted by atomic mass is 32.1. The summed E-state index contributed by atoms with van der Waals surface area (Å²) in [6, 6.07) is 2.26. The molecule has 0 saturated carbocycles. The SMILES string of the molecule is CCc1c(C(C)C)sc2c1sc1ccsc12. The first-order valence-electron chi connectivity index (χ1n) is 5.63. The van der Waals surface area contributed by atoms with Crippen molar-refractivity contribution < 1.29 is 0 Å². The first-order valence-corrected chi connectivity index (χ1v) is 8.15. The summed E-state index contributed by atoms with van der Waals surface area (Å²) >= 11 is 5.89. The van der Waals surface area contributed by atoms with Crippen LogP contribution in [0, 0.1) is 0 Å². The molecule has 0 aromatic carbocycles. The Morgan fingerprint density at radius 3 is 2.62 bits per heavy atom. The fourth-order valence-electron chi connectivity index (χ4n) is 2.18. The monoisotopic (exact) mass is 266 g/mol. The number of aryl methyl sites for hydroxylation is 1. The largest absolute Gasteiger partial charge is 0.141 e. The quantitative estimate of drug-likeness (QED) is 0.544. The zero-order valence-electron chi connectivity index (χ0n) is 9.66. The van der Waals surface area contributed by atoms with Crippen LogP contribution in [-0.4, -0.2) is 0 Å². The molecule has 0 spiro atoms. The molecule has 0 saturated heterocycles. The first kappa shape index (κ1) is 10.8. The molecule has 16 heavy (non-hydrogen) atoms. The van der Waals surface area contributed by atoms with Crippen LogP contribution >= 0.6 is 34.0 Å². The van der Waals surface area contributed by atoms with Crippen LogP contribution in [0.15, 0.2) is 11.4 Å². The van der Waals surface area contributed by atoms with E-state index in [2.05, 4.69) is 32.2 Å². The molecule has 3 rings (SSSR count). The Hall–Kier alpha value is -0.380. The van der Waals surface area contributed by atoms with Crippen LogP contribution in [0.5, 0.6) is 0 Å². The maximum atomic E-state index is 2.31. The second kappa shape index (κ2) is 3.83. The molecule has 0 N–H and O–H groups in total. The minimum Gasteiger partial charge on any atom is -0.141 e. The van der Waals surface area contributed by atoms with Crippen LogP contribution < -0.4 is 0 Å². The van der Waals surface area contributed by atoms with Gasteiger partial charge in [0, 0.05) is 9.58 Å². The van der Waals surface area contributed by atoms with Gasteiger partial charge in [-0.05, 0) is 29.3 Å². The number of rotatable bonds is 2. The average Bonchev–Trinajstić information content (AvgIpc) is 2.85. The van der Waals surface area contributed by atoms with E-state index in [0.29, 0.717) is 5.92 Å². The Kier molecular flexibility index (Phi) is 2.57. The van der Waals surface area contributed by atoms with Crippen molar-refractivity contribution in [2.75, 3.05) is 0 Å². The van der Waals surface area contributed by atoms with Gasteiger partial charge in [0.05, 0.1) is 14.1 Å². The smallest absolute Gasteiger partial charge is 0.0635 e. The standard InChI is InChI=1S/C13H14S3/c1-4-8-10(7(2)3)16-13-11(8)15-9-5-6-14-12(9)13/h5-7H,4H2,1-3H3. The van der Waals surface area contributed by atoms with Gasteiger partial charge >= 0.3 is 0 Å². The summed E-state index contributed by atoms with van der Waals surface area (Å²) in [5, 5.41) is 2.21. The Labute approximate surface area is 108 Å². The maximum absolute atomic E-state index is 2.31. The Morgan fingerprint density at radius 2 is 1.94 bits per heavy atom. The highest BCUT2D eigenvalue weighted by Crippen LogP contribution is 2.46. The summed E-state index contributed by atoms with van der Waals surface area (Å²) in [5.74, 6) is 0.662. The van der Waals surface area contributed by atoms with Gasteiger partial charge in [-0.1, -0.05) is 20.8 Å². The molecular formula is C13H14S3. The summed E-state index contributed by atoms with van der Waals surface area (Å²) in [5.41, 5.74) is 1.60. The highest BCUT2D eigenvalue weighted by Gasteiger charge is 2.18. The second-order valence-corrected chi connectivity index (χ2v) is 7.35. The van der Waals surface area contributed by atoms with Gasteiger partial charge in [0.15, 0.2) is 0 Å². The molecule has 0 nitrogen and oxygen atoms in total. The van der Waals surface area contributed by atoms with Crippen molar-refractivity contribution in [3.63, 3.8) is 0 Å². The molecular weight excluding hydrogens is 252 g/mol. The Balaban J connectivity index is 2.41. The van der Waals surface area contributed by atoms with Gasteiger partial charge in [0.2, 0.25) is 0 Å². The Bertz CT molecular complexity index is 637. The molecule has 0 amide bonds. The lowest BCUT2D eigenvalue weighted by atomic mass is 10.1. The van der Waals surface area contributed by atoms with E-state index in [1.54, 1.807) is 15.1 Å². The molecule has 3 aromatic heterocycles. The molecule has 0 radical (unpaired) electrons. The second-order valence-electron chi connectivity index (χ2n) is 4.33. The summed E-state index contributed by atoms with van der Waals surface area (Å²) in [4.78, 5) is 1.60. The van der Waals surface area contributed by atoms with Gasteiger partial charge in [-0.2, -0.15) is 0 Å². The topological polar surface area (TPSA) is 0 Å². The predicted octanol–water partition coefficient (Wildman–Crippen LogP) is 5.86. The van der Waals surface area contributed by atoms with Crippen molar-refractivity contribution in [3.8, 4) is 0 Å². The summed E-state index contributed by atoms with van der Waals surface area (Å²) < 4.78 is 6.07. The van der Waals surface area contributed by atoms with Crippen LogP contribution in [0.25, 0.3) is 18.8 Å². The van der Waals surface area contributed by atoms with Gasteiger partial charge in [-0.25, -0.2) is 0 Å². The van der Waals surface area contributed by atoms with Crippen LogP contribution in [-0.2, 0) is 6.42 Å². The zero-order chi connectivity index (χ0) is 11.3. The van der Waals surface area contributed by atoms with E-state index >= 15 is 0 Å². The molecule has 0 unspecified atom stereocenters. The van der Waals surface area contributed by atoms with Crippen molar-refractivity contribution in [1.29, 1.82) is 0 Å². The molecule has 0 aliphatic carbocycles. The molecule has 84 valence electrons. The van der Waals surface area contributed by atoms with Crippen molar-refractivity contribution in [2.45, 2.75) is 33.1 Å².